The van der Waals surface area contributed by atoms with Crippen molar-refractivity contribution in [1.82, 2.24) is 0 Å². The SMILES string of the molecule is COC(=O)C(C(=O)Cc1ccc(OC)c(OC)c1)C(C)C. The van der Waals surface area contributed by atoms with Crippen LogP contribution < -0.4 is 9.47 Å². The number of ether oxygens (including phenoxy) is 3. The zero-order chi connectivity index (χ0) is 16.0. The van der Waals surface area contributed by atoms with Gasteiger partial charge in [-0.1, -0.05) is 19.9 Å². The Bertz CT molecular complexity index is 507. The summed E-state index contributed by atoms with van der Waals surface area (Å²) in [5.41, 5.74) is 0.771. The lowest BCUT2D eigenvalue weighted by molar-refractivity contribution is -0.151. The fraction of sp³-hybridized carbons (Fsp3) is 0.500. The first kappa shape index (κ1) is 17.0. The number of esters is 1. The zero-order valence-electron chi connectivity index (χ0n) is 13.1. The van der Waals surface area contributed by atoms with E-state index in [2.05, 4.69) is 0 Å². The lowest BCUT2D eigenvalue weighted by Crippen LogP contribution is -2.31. The van der Waals surface area contributed by atoms with Gasteiger partial charge in [-0.2, -0.15) is 0 Å². The number of hydrogen-bond acceptors (Lipinski definition) is 5. The molecule has 1 aromatic rings. The summed E-state index contributed by atoms with van der Waals surface area (Å²) in [5, 5.41) is 0. The van der Waals surface area contributed by atoms with Crippen LogP contribution in [0, 0.1) is 11.8 Å². The normalized spacial score (nSPS) is 11.9. The fourth-order valence-electron chi connectivity index (χ4n) is 2.20. The maximum absolute atomic E-state index is 12.3. The van der Waals surface area contributed by atoms with Crippen LogP contribution in [0.3, 0.4) is 0 Å². The molecule has 21 heavy (non-hydrogen) atoms. The van der Waals surface area contributed by atoms with Gasteiger partial charge in [-0.3, -0.25) is 9.59 Å². The van der Waals surface area contributed by atoms with Gasteiger partial charge < -0.3 is 14.2 Å². The molecule has 0 saturated carbocycles. The molecular formula is C16H22O5. The molecule has 5 nitrogen and oxygen atoms in total. The molecule has 0 N–H and O–H groups in total. The van der Waals surface area contributed by atoms with E-state index in [1.54, 1.807) is 25.3 Å². The second-order valence-electron chi connectivity index (χ2n) is 5.08. The third-order valence-electron chi connectivity index (χ3n) is 3.29. The summed E-state index contributed by atoms with van der Waals surface area (Å²) in [6.45, 7) is 3.65. The summed E-state index contributed by atoms with van der Waals surface area (Å²) in [5.74, 6) is -0.350. The van der Waals surface area contributed by atoms with Crippen molar-refractivity contribution in [1.29, 1.82) is 0 Å². The van der Waals surface area contributed by atoms with Crippen molar-refractivity contribution in [3.63, 3.8) is 0 Å². The Balaban J connectivity index is 2.93. The Morgan fingerprint density at radius 2 is 1.67 bits per heavy atom. The first-order valence-electron chi connectivity index (χ1n) is 6.76. The Morgan fingerprint density at radius 1 is 1.05 bits per heavy atom. The Kier molecular flexibility index (Phi) is 6.21. The zero-order valence-corrected chi connectivity index (χ0v) is 13.1. The van der Waals surface area contributed by atoms with Crippen LogP contribution in [-0.4, -0.2) is 33.1 Å². The van der Waals surface area contributed by atoms with E-state index < -0.39 is 11.9 Å². The molecule has 0 bridgehead atoms. The van der Waals surface area contributed by atoms with E-state index in [9.17, 15) is 9.59 Å². The van der Waals surface area contributed by atoms with Crippen molar-refractivity contribution in [2.24, 2.45) is 11.8 Å². The molecule has 1 atom stereocenters. The molecule has 0 aliphatic heterocycles. The number of carbonyl (C=O) groups excluding carboxylic acids is 2. The van der Waals surface area contributed by atoms with Gasteiger partial charge in [0.25, 0.3) is 0 Å². The number of methoxy groups -OCH3 is 3. The molecule has 0 radical (unpaired) electrons. The van der Waals surface area contributed by atoms with E-state index in [0.29, 0.717) is 11.5 Å². The molecule has 0 aromatic heterocycles. The van der Waals surface area contributed by atoms with Gasteiger partial charge >= 0.3 is 5.97 Å². The minimum absolute atomic E-state index is 0.106. The van der Waals surface area contributed by atoms with Crippen LogP contribution in [0.4, 0.5) is 0 Å². The van der Waals surface area contributed by atoms with Crippen LogP contribution in [0.5, 0.6) is 11.5 Å². The molecule has 5 heteroatoms. The third kappa shape index (κ3) is 4.21. The van der Waals surface area contributed by atoms with E-state index in [-0.39, 0.29) is 18.1 Å². The average molecular weight is 294 g/mol. The van der Waals surface area contributed by atoms with Gasteiger partial charge in [0, 0.05) is 6.42 Å². The van der Waals surface area contributed by atoms with Crippen molar-refractivity contribution < 1.29 is 23.8 Å². The molecule has 1 rings (SSSR count). The number of rotatable bonds is 7. The summed E-state index contributed by atoms with van der Waals surface area (Å²) in [7, 11) is 4.38. The Labute approximate surface area is 125 Å². The highest BCUT2D eigenvalue weighted by atomic mass is 16.5. The Hall–Kier alpha value is -2.04. The van der Waals surface area contributed by atoms with Gasteiger partial charge in [-0.25, -0.2) is 0 Å². The van der Waals surface area contributed by atoms with Gasteiger partial charge in [-0.05, 0) is 23.6 Å². The largest absolute Gasteiger partial charge is 0.493 e. The minimum atomic E-state index is -0.747. The molecular weight excluding hydrogens is 272 g/mol. The van der Waals surface area contributed by atoms with Gasteiger partial charge in [0.05, 0.1) is 21.3 Å². The predicted molar refractivity (Wildman–Crippen MR) is 78.6 cm³/mol. The lowest BCUT2D eigenvalue weighted by Gasteiger charge is -2.17. The number of carbonyl (C=O) groups is 2. The van der Waals surface area contributed by atoms with Gasteiger partial charge in [0.15, 0.2) is 17.3 Å². The molecule has 0 aliphatic carbocycles. The van der Waals surface area contributed by atoms with Gasteiger partial charge in [-0.15, -0.1) is 0 Å². The summed E-state index contributed by atoms with van der Waals surface area (Å²) in [6.07, 6.45) is 0.151. The van der Waals surface area contributed by atoms with E-state index in [4.69, 9.17) is 14.2 Å². The fourth-order valence-corrected chi connectivity index (χ4v) is 2.20. The molecule has 0 saturated heterocycles. The van der Waals surface area contributed by atoms with Crippen LogP contribution in [-0.2, 0) is 20.7 Å². The molecule has 1 unspecified atom stereocenters. The maximum atomic E-state index is 12.3. The Morgan fingerprint density at radius 3 is 2.14 bits per heavy atom. The third-order valence-corrected chi connectivity index (χ3v) is 3.29. The smallest absolute Gasteiger partial charge is 0.316 e. The first-order valence-corrected chi connectivity index (χ1v) is 6.76. The van der Waals surface area contributed by atoms with Crippen molar-refractivity contribution >= 4 is 11.8 Å². The van der Waals surface area contributed by atoms with E-state index >= 15 is 0 Å². The number of benzene rings is 1. The quantitative estimate of drug-likeness (QED) is 0.570. The summed E-state index contributed by atoms with van der Waals surface area (Å²) in [6, 6.07) is 5.27. The number of Topliss-reactive ketones (excluding diaryl/α,β-unsaturated/α-hetero) is 1. The lowest BCUT2D eigenvalue weighted by atomic mass is 9.88. The topological polar surface area (TPSA) is 61.8 Å². The molecule has 0 spiro atoms. The van der Waals surface area contributed by atoms with Crippen molar-refractivity contribution in [2.75, 3.05) is 21.3 Å². The number of ketones is 1. The number of hydrogen-bond donors (Lipinski definition) is 0. The van der Waals surface area contributed by atoms with Crippen LogP contribution in [0.1, 0.15) is 19.4 Å². The second kappa shape index (κ2) is 7.67. The first-order chi connectivity index (χ1) is 9.94. The highest BCUT2D eigenvalue weighted by Gasteiger charge is 2.30. The highest BCUT2D eigenvalue weighted by Crippen LogP contribution is 2.28. The minimum Gasteiger partial charge on any atom is -0.493 e. The summed E-state index contributed by atoms with van der Waals surface area (Å²) in [4.78, 5) is 24.1. The second-order valence-corrected chi connectivity index (χ2v) is 5.08. The van der Waals surface area contributed by atoms with Crippen LogP contribution in [0.25, 0.3) is 0 Å². The van der Waals surface area contributed by atoms with Crippen molar-refractivity contribution in [3.8, 4) is 11.5 Å². The van der Waals surface area contributed by atoms with E-state index in [1.807, 2.05) is 13.8 Å². The molecule has 0 aliphatic rings. The predicted octanol–water partition coefficient (Wildman–Crippen LogP) is 2.26. The average Bonchev–Trinajstić information content (AvgIpc) is 2.46. The molecule has 0 fully saturated rings. The van der Waals surface area contributed by atoms with Gasteiger partial charge in [0.1, 0.15) is 5.92 Å². The highest BCUT2D eigenvalue weighted by molar-refractivity contribution is 6.00. The molecule has 116 valence electrons. The van der Waals surface area contributed by atoms with Crippen LogP contribution in [0.2, 0.25) is 0 Å². The van der Waals surface area contributed by atoms with Crippen LogP contribution in [0.15, 0.2) is 18.2 Å². The van der Waals surface area contributed by atoms with E-state index in [0.717, 1.165) is 5.56 Å². The van der Waals surface area contributed by atoms with Crippen LogP contribution >= 0.6 is 0 Å². The monoisotopic (exact) mass is 294 g/mol. The maximum Gasteiger partial charge on any atom is 0.316 e. The van der Waals surface area contributed by atoms with Gasteiger partial charge in [0.2, 0.25) is 0 Å². The molecule has 1 aromatic carbocycles. The van der Waals surface area contributed by atoms with E-state index in [1.165, 1.54) is 14.2 Å². The van der Waals surface area contributed by atoms with Crippen molar-refractivity contribution in [3.05, 3.63) is 23.8 Å². The molecule has 0 heterocycles. The molecule has 0 amide bonds. The summed E-state index contributed by atoms with van der Waals surface area (Å²) < 4.78 is 15.1. The standard InChI is InChI=1S/C16H22O5/c1-10(2)15(16(18)21-5)12(17)8-11-6-7-13(19-3)14(9-11)20-4/h6-7,9-10,15H,8H2,1-5H3. The summed E-state index contributed by atoms with van der Waals surface area (Å²) >= 11 is 0. The van der Waals surface area contributed by atoms with Crippen molar-refractivity contribution in [2.45, 2.75) is 20.3 Å².